The zero-order chi connectivity index (χ0) is 19.8. The van der Waals surface area contributed by atoms with Gasteiger partial charge in [-0.2, -0.15) is 0 Å². The topological polar surface area (TPSA) is 35.3 Å². The highest BCUT2D eigenvalue weighted by atomic mass is 35.5. The minimum absolute atomic E-state index is 0.178. The standard InChI is InChI=1S/C21H13Cl4NO2/c1-2-11-8-9-16(19(25)18(11)24)27-10-13-20(26-28-21(13)12-6-7-12)17-14(22)4-3-5-15(17)23/h1,3-5,8-9,12H,6-7,10H2. The molecule has 0 bridgehead atoms. The van der Waals surface area contributed by atoms with Gasteiger partial charge in [0, 0.05) is 17.0 Å². The number of hydrogen-bond donors (Lipinski definition) is 0. The van der Waals surface area contributed by atoms with E-state index in [1.54, 1.807) is 30.3 Å². The molecule has 1 aliphatic carbocycles. The van der Waals surface area contributed by atoms with Crippen LogP contribution in [0.3, 0.4) is 0 Å². The lowest BCUT2D eigenvalue weighted by molar-refractivity contribution is 0.300. The van der Waals surface area contributed by atoms with Gasteiger partial charge >= 0.3 is 0 Å². The molecule has 7 heteroatoms. The summed E-state index contributed by atoms with van der Waals surface area (Å²) in [6.07, 6.45) is 7.50. The van der Waals surface area contributed by atoms with E-state index in [0.29, 0.717) is 38.5 Å². The van der Waals surface area contributed by atoms with E-state index < -0.39 is 0 Å². The van der Waals surface area contributed by atoms with Crippen molar-refractivity contribution in [2.45, 2.75) is 25.4 Å². The smallest absolute Gasteiger partial charge is 0.147 e. The molecule has 1 fully saturated rings. The molecule has 1 aromatic heterocycles. The van der Waals surface area contributed by atoms with Gasteiger partial charge in [-0.25, -0.2) is 0 Å². The molecule has 0 spiro atoms. The van der Waals surface area contributed by atoms with Gasteiger partial charge in [0.2, 0.25) is 0 Å². The summed E-state index contributed by atoms with van der Waals surface area (Å²) in [5.74, 6) is 4.01. The van der Waals surface area contributed by atoms with E-state index in [0.717, 1.165) is 24.2 Å². The Balaban J connectivity index is 1.71. The summed E-state index contributed by atoms with van der Waals surface area (Å²) in [5.41, 5.74) is 2.49. The van der Waals surface area contributed by atoms with Gasteiger partial charge in [-0.1, -0.05) is 63.5 Å². The molecule has 3 aromatic rings. The van der Waals surface area contributed by atoms with E-state index in [4.69, 9.17) is 62.1 Å². The predicted molar refractivity (Wildman–Crippen MR) is 113 cm³/mol. The van der Waals surface area contributed by atoms with Crippen LogP contribution < -0.4 is 4.74 Å². The first-order chi connectivity index (χ1) is 13.5. The van der Waals surface area contributed by atoms with Crippen LogP contribution in [0.4, 0.5) is 0 Å². The highest BCUT2D eigenvalue weighted by Gasteiger charge is 2.33. The minimum Gasteiger partial charge on any atom is -0.487 e. The quantitative estimate of drug-likeness (QED) is 0.378. The summed E-state index contributed by atoms with van der Waals surface area (Å²) in [7, 11) is 0. The molecule has 28 heavy (non-hydrogen) atoms. The second-order valence-electron chi connectivity index (χ2n) is 6.42. The molecule has 0 saturated heterocycles. The number of hydrogen-bond acceptors (Lipinski definition) is 3. The van der Waals surface area contributed by atoms with Crippen LogP contribution in [0.5, 0.6) is 5.75 Å². The molecule has 1 saturated carbocycles. The molecule has 142 valence electrons. The summed E-state index contributed by atoms with van der Waals surface area (Å²) in [4.78, 5) is 0. The molecule has 1 heterocycles. The molecule has 4 rings (SSSR count). The van der Waals surface area contributed by atoms with Gasteiger partial charge in [0.1, 0.15) is 28.8 Å². The zero-order valence-corrected chi connectivity index (χ0v) is 17.5. The SMILES string of the molecule is C#Cc1ccc(OCc2c(-c3c(Cl)cccc3Cl)noc2C2CC2)c(Cl)c1Cl. The lowest BCUT2D eigenvalue weighted by Gasteiger charge is -2.12. The van der Waals surface area contributed by atoms with Crippen LogP contribution in [-0.2, 0) is 6.61 Å². The molecule has 1 aliphatic rings. The Kier molecular flexibility index (Phi) is 5.49. The third-order valence-corrected chi connectivity index (χ3v) is 6.04. The minimum atomic E-state index is 0.178. The van der Waals surface area contributed by atoms with Crippen molar-refractivity contribution in [1.29, 1.82) is 0 Å². The van der Waals surface area contributed by atoms with Crippen LogP contribution in [0.15, 0.2) is 34.9 Å². The average molecular weight is 453 g/mol. The van der Waals surface area contributed by atoms with E-state index in [9.17, 15) is 0 Å². The maximum absolute atomic E-state index is 6.37. The largest absolute Gasteiger partial charge is 0.487 e. The fraction of sp³-hybridized carbons (Fsp3) is 0.190. The first-order valence-corrected chi connectivity index (χ1v) is 10.0. The van der Waals surface area contributed by atoms with E-state index in [-0.39, 0.29) is 16.7 Å². The van der Waals surface area contributed by atoms with E-state index in [1.165, 1.54) is 0 Å². The summed E-state index contributed by atoms with van der Waals surface area (Å²) in [6, 6.07) is 8.67. The lowest BCUT2D eigenvalue weighted by atomic mass is 10.0. The van der Waals surface area contributed by atoms with Gasteiger partial charge in [0.15, 0.2) is 0 Å². The van der Waals surface area contributed by atoms with Crippen molar-refractivity contribution < 1.29 is 9.26 Å². The molecule has 0 aliphatic heterocycles. The Bertz CT molecular complexity index is 1080. The van der Waals surface area contributed by atoms with Crippen molar-refractivity contribution in [2.24, 2.45) is 0 Å². The summed E-state index contributed by atoms with van der Waals surface area (Å²) in [6.45, 7) is 0.178. The number of rotatable bonds is 5. The number of benzene rings is 2. The fourth-order valence-corrected chi connectivity index (χ4v) is 3.96. The van der Waals surface area contributed by atoms with Crippen LogP contribution >= 0.6 is 46.4 Å². The van der Waals surface area contributed by atoms with Crippen LogP contribution in [0.1, 0.15) is 35.6 Å². The molecule has 0 atom stereocenters. The number of aromatic nitrogens is 1. The van der Waals surface area contributed by atoms with Gasteiger partial charge in [0.05, 0.1) is 20.6 Å². The maximum Gasteiger partial charge on any atom is 0.147 e. The first kappa shape index (κ1) is 19.5. The molecule has 0 N–H and O–H groups in total. The summed E-state index contributed by atoms with van der Waals surface area (Å²) < 4.78 is 11.6. The molecule has 2 aromatic carbocycles. The van der Waals surface area contributed by atoms with Gasteiger partial charge < -0.3 is 9.26 Å². The predicted octanol–water partition coefficient (Wildman–Crippen LogP) is 7.39. The molecule has 3 nitrogen and oxygen atoms in total. The van der Waals surface area contributed by atoms with Crippen LogP contribution in [0.2, 0.25) is 20.1 Å². The Labute approximate surface area is 182 Å². The normalized spacial score (nSPS) is 13.4. The Hall–Kier alpha value is -1.83. The zero-order valence-electron chi connectivity index (χ0n) is 14.4. The first-order valence-electron chi connectivity index (χ1n) is 8.51. The van der Waals surface area contributed by atoms with Crippen molar-refractivity contribution >= 4 is 46.4 Å². The van der Waals surface area contributed by atoms with Crippen molar-refractivity contribution in [3.05, 3.63) is 67.3 Å². The number of halogens is 4. The monoisotopic (exact) mass is 451 g/mol. The number of terminal acetylenes is 1. The van der Waals surface area contributed by atoms with Crippen molar-refractivity contribution in [1.82, 2.24) is 5.16 Å². The highest BCUT2D eigenvalue weighted by molar-refractivity contribution is 6.43. The van der Waals surface area contributed by atoms with Crippen LogP contribution in [0, 0.1) is 12.3 Å². The average Bonchev–Trinajstić information content (AvgIpc) is 3.44. The van der Waals surface area contributed by atoms with Crippen molar-refractivity contribution in [2.75, 3.05) is 0 Å². The lowest BCUT2D eigenvalue weighted by Crippen LogP contribution is -2.01. The summed E-state index contributed by atoms with van der Waals surface area (Å²) in [5, 5.41) is 5.76. The van der Waals surface area contributed by atoms with Gasteiger partial charge in [-0.15, -0.1) is 6.42 Å². The van der Waals surface area contributed by atoms with Gasteiger partial charge in [-0.05, 0) is 37.1 Å². The number of nitrogens with zero attached hydrogens (tertiary/aromatic N) is 1. The van der Waals surface area contributed by atoms with E-state index in [1.807, 2.05) is 0 Å². The molecular weight excluding hydrogens is 440 g/mol. The van der Waals surface area contributed by atoms with Crippen LogP contribution in [0.25, 0.3) is 11.3 Å². The third-order valence-electron chi connectivity index (χ3n) is 4.54. The summed E-state index contributed by atoms with van der Waals surface area (Å²) >= 11 is 25.3. The van der Waals surface area contributed by atoms with E-state index >= 15 is 0 Å². The Morgan fingerprint density at radius 3 is 2.43 bits per heavy atom. The van der Waals surface area contributed by atoms with Crippen LogP contribution in [-0.4, -0.2) is 5.16 Å². The molecule has 0 unspecified atom stereocenters. The van der Waals surface area contributed by atoms with Gasteiger partial charge in [-0.3, -0.25) is 0 Å². The number of ether oxygens (including phenoxy) is 1. The van der Waals surface area contributed by atoms with E-state index in [2.05, 4.69) is 11.1 Å². The second kappa shape index (κ2) is 7.89. The Morgan fingerprint density at radius 2 is 1.79 bits per heavy atom. The third kappa shape index (κ3) is 3.58. The Morgan fingerprint density at radius 1 is 1.07 bits per heavy atom. The fourth-order valence-electron chi connectivity index (χ4n) is 2.95. The molecule has 0 radical (unpaired) electrons. The second-order valence-corrected chi connectivity index (χ2v) is 7.99. The molecular formula is C21H13Cl4NO2. The maximum atomic E-state index is 6.37. The van der Waals surface area contributed by atoms with Crippen molar-refractivity contribution in [3.8, 4) is 29.4 Å². The van der Waals surface area contributed by atoms with Crippen molar-refractivity contribution in [3.63, 3.8) is 0 Å². The molecule has 0 amide bonds. The van der Waals surface area contributed by atoms with Gasteiger partial charge in [0.25, 0.3) is 0 Å². The highest BCUT2D eigenvalue weighted by Crippen LogP contribution is 2.46.